The minimum atomic E-state index is 0.258. The molecular formula is C21H35NO4. The molecule has 0 bridgehead atoms. The van der Waals surface area contributed by atoms with Gasteiger partial charge < -0.3 is 18.9 Å². The van der Waals surface area contributed by atoms with E-state index in [1.165, 1.54) is 38.8 Å². The summed E-state index contributed by atoms with van der Waals surface area (Å²) in [5.41, 5.74) is 0. The minimum Gasteiger partial charge on any atom is -0.379 e. The highest BCUT2D eigenvalue weighted by Gasteiger charge is 2.55. The summed E-state index contributed by atoms with van der Waals surface area (Å²) in [6.45, 7) is 5.48. The Bertz CT molecular complexity index is 516. The second kappa shape index (κ2) is 7.00. The second-order valence-electron chi connectivity index (χ2n) is 9.44. The van der Waals surface area contributed by atoms with Gasteiger partial charge in [0.1, 0.15) is 6.79 Å². The Labute approximate surface area is 157 Å². The van der Waals surface area contributed by atoms with Crippen molar-refractivity contribution >= 4 is 0 Å². The number of hydrogen-bond donors (Lipinski definition) is 0. The number of nitrogens with zero attached hydrogens (tertiary/aromatic N) is 1. The number of rotatable bonds is 2. The largest absolute Gasteiger partial charge is 0.379 e. The molecule has 0 amide bonds. The van der Waals surface area contributed by atoms with Gasteiger partial charge in [0.2, 0.25) is 0 Å². The van der Waals surface area contributed by atoms with Crippen LogP contribution in [0.1, 0.15) is 39.0 Å². The Hall–Kier alpha value is -0.200. The lowest BCUT2D eigenvalue weighted by Crippen LogP contribution is -2.64. The van der Waals surface area contributed by atoms with E-state index in [1.807, 2.05) is 14.2 Å². The number of ether oxygens (including phenoxy) is 4. The number of fused-ring (bicyclic) bond motifs is 6. The molecule has 0 N–H and O–H groups in total. The van der Waals surface area contributed by atoms with Gasteiger partial charge in [0.25, 0.3) is 0 Å². The summed E-state index contributed by atoms with van der Waals surface area (Å²) in [5, 5.41) is 0. The van der Waals surface area contributed by atoms with Crippen molar-refractivity contribution in [3.8, 4) is 0 Å². The number of piperidine rings is 2. The molecule has 0 radical (unpaired) electrons. The van der Waals surface area contributed by atoms with Gasteiger partial charge in [-0.05, 0) is 62.3 Å². The molecular weight excluding hydrogens is 330 g/mol. The summed E-state index contributed by atoms with van der Waals surface area (Å²) < 4.78 is 23.5. The fraction of sp³-hybridized carbons (Fsp3) is 1.00. The molecule has 5 fully saturated rings. The highest BCUT2D eigenvalue weighted by Crippen LogP contribution is 2.52. The molecule has 0 aromatic rings. The van der Waals surface area contributed by atoms with E-state index in [2.05, 4.69) is 11.8 Å². The van der Waals surface area contributed by atoms with E-state index in [4.69, 9.17) is 18.9 Å². The van der Waals surface area contributed by atoms with Crippen LogP contribution in [0.5, 0.6) is 0 Å². The average molecular weight is 366 g/mol. The summed E-state index contributed by atoms with van der Waals surface area (Å²) in [5.74, 6) is 3.75. The van der Waals surface area contributed by atoms with Crippen molar-refractivity contribution in [2.24, 2.45) is 29.6 Å². The summed E-state index contributed by atoms with van der Waals surface area (Å²) in [6.07, 6.45) is 7.37. The first-order valence-electron chi connectivity index (χ1n) is 10.7. The monoisotopic (exact) mass is 365 g/mol. The number of hydrogen-bond acceptors (Lipinski definition) is 5. The van der Waals surface area contributed by atoms with Crippen molar-refractivity contribution in [1.29, 1.82) is 0 Å². The van der Waals surface area contributed by atoms with Crippen molar-refractivity contribution in [3.63, 3.8) is 0 Å². The van der Waals surface area contributed by atoms with Gasteiger partial charge in [-0.3, -0.25) is 4.90 Å². The van der Waals surface area contributed by atoms with E-state index in [1.54, 1.807) is 0 Å². The zero-order chi connectivity index (χ0) is 17.8. The molecule has 5 aliphatic rings. The maximum atomic E-state index is 6.04. The topological polar surface area (TPSA) is 40.2 Å². The van der Waals surface area contributed by atoms with Crippen molar-refractivity contribution in [1.82, 2.24) is 4.90 Å². The number of methoxy groups -OCH3 is 2. The van der Waals surface area contributed by atoms with Gasteiger partial charge in [-0.15, -0.1) is 0 Å². The van der Waals surface area contributed by atoms with Gasteiger partial charge in [0, 0.05) is 32.7 Å². The molecule has 0 aromatic carbocycles. The highest BCUT2D eigenvalue weighted by molar-refractivity contribution is 5.06. The van der Waals surface area contributed by atoms with Crippen molar-refractivity contribution in [2.75, 3.05) is 34.1 Å². The maximum absolute atomic E-state index is 6.04. The Kier molecular flexibility index (Phi) is 4.81. The van der Waals surface area contributed by atoms with E-state index in [9.17, 15) is 0 Å². The van der Waals surface area contributed by atoms with Gasteiger partial charge in [-0.2, -0.15) is 0 Å². The fourth-order valence-electron chi connectivity index (χ4n) is 7.46. The molecule has 5 nitrogen and oxygen atoms in total. The third kappa shape index (κ3) is 2.69. The summed E-state index contributed by atoms with van der Waals surface area (Å²) >= 11 is 0. The van der Waals surface area contributed by atoms with Crippen LogP contribution in [0.2, 0.25) is 0 Å². The molecule has 26 heavy (non-hydrogen) atoms. The smallest absolute Gasteiger partial charge is 0.147 e. The van der Waals surface area contributed by atoms with Crippen LogP contribution in [0, 0.1) is 29.6 Å². The van der Waals surface area contributed by atoms with Crippen LogP contribution in [0.25, 0.3) is 0 Å². The first-order chi connectivity index (χ1) is 12.7. The summed E-state index contributed by atoms with van der Waals surface area (Å²) in [6, 6.07) is 0.712. The van der Waals surface area contributed by atoms with Crippen LogP contribution < -0.4 is 0 Å². The molecule has 3 aliphatic heterocycles. The lowest BCUT2D eigenvalue weighted by Gasteiger charge is -2.59. The zero-order valence-corrected chi connectivity index (χ0v) is 16.5. The first kappa shape index (κ1) is 17.9. The SMILES string of the molecule is COC1CC2CCN3CC4C(CCC5OCOC54)C(C)C3C2CC1OC. The van der Waals surface area contributed by atoms with Gasteiger partial charge in [0.05, 0.1) is 24.4 Å². The zero-order valence-electron chi connectivity index (χ0n) is 16.5. The van der Waals surface area contributed by atoms with E-state index in [-0.39, 0.29) is 12.2 Å². The molecule has 10 atom stereocenters. The van der Waals surface area contributed by atoms with E-state index < -0.39 is 0 Å². The van der Waals surface area contributed by atoms with Crippen LogP contribution in [0.4, 0.5) is 0 Å². The molecule has 2 saturated carbocycles. The van der Waals surface area contributed by atoms with Crippen LogP contribution in [0.15, 0.2) is 0 Å². The molecule has 148 valence electrons. The Morgan fingerprint density at radius 2 is 1.69 bits per heavy atom. The van der Waals surface area contributed by atoms with Crippen LogP contribution in [-0.4, -0.2) is 69.5 Å². The first-order valence-corrected chi connectivity index (χ1v) is 10.7. The summed E-state index contributed by atoms with van der Waals surface area (Å²) in [7, 11) is 3.71. The third-order valence-corrected chi connectivity index (χ3v) is 8.64. The lowest BCUT2D eigenvalue weighted by atomic mass is 9.58. The molecule has 2 aliphatic carbocycles. The molecule has 5 rings (SSSR count). The highest BCUT2D eigenvalue weighted by atomic mass is 16.7. The molecule has 10 unspecified atom stereocenters. The molecule has 0 aromatic heterocycles. The van der Waals surface area contributed by atoms with Crippen LogP contribution in [0.3, 0.4) is 0 Å². The fourth-order valence-corrected chi connectivity index (χ4v) is 7.46. The van der Waals surface area contributed by atoms with Gasteiger partial charge in [-0.1, -0.05) is 6.92 Å². The molecule has 0 spiro atoms. The van der Waals surface area contributed by atoms with Crippen LogP contribution in [-0.2, 0) is 18.9 Å². The Balaban J connectivity index is 1.38. The second-order valence-corrected chi connectivity index (χ2v) is 9.44. The molecule has 5 heteroatoms. The molecule has 3 saturated heterocycles. The van der Waals surface area contributed by atoms with Crippen molar-refractivity contribution in [3.05, 3.63) is 0 Å². The quantitative estimate of drug-likeness (QED) is 0.752. The summed E-state index contributed by atoms with van der Waals surface area (Å²) in [4.78, 5) is 2.82. The lowest BCUT2D eigenvalue weighted by molar-refractivity contribution is -0.153. The molecule has 3 heterocycles. The van der Waals surface area contributed by atoms with E-state index >= 15 is 0 Å². The Morgan fingerprint density at radius 3 is 2.50 bits per heavy atom. The van der Waals surface area contributed by atoms with Crippen molar-refractivity contribution < 1.29 is 18.9 Å². The predicted octanol–water partition coefficient (Wildman–Crippen LogP) is 2.53. The van der Waals surface area contributed by atoms with Gasteiger partial charge in [-0.25, -0.2) is 0 Å². The predicted molar refractivity (Wildman–Crippen MR) is 97.8 cm³/mol. The normalized spacial score (nSPS) is 54.1. The maximum Gasteiger partial charge on any atom is 0.147 e. The minimum absolute atomic E-state index is 0.258. The standard InChI is InChI=1S/C21H35NO4/c1-12-14-4-5-17-21(26-11-25-17)16(14)10-22-7-6-13-8-18(23-2)19(24-3)9-15(13)20(12)22/h12-21H,4-11H2,1-3H3. The van der Waals surface area contributed by atoms with Gasteiger partial charge in [0.15, 0.2) is 0 Å². The third-order valence-electron chi connectivity index (χ3n) is 8.64. The van der Waals surface area contributed by atoms with Crippen molar-refractivity contribution in [2.45, 2.75) is 69.5 Å². The Morgan fingerprint density at radius 1 is 0.885 bits per heavy atom. The average Bonchev–Trinajstić information content (AvgIpc) is 3.15. The van der Waals surface area contributed by atoms with E-state index in [0.29, 0.717) is 31.0 Å². The van der Waals surface area contributed by atoms with E-state index in [0.717, 1.165) is 30.1 Å². The van der Waals surface area contributed by atoms with Gasteiger partial charge >= 0.3 is 0 Å². The van der Waals surface area contributed by atoms with Crippen LogP contribution >= 0.6 is 0 Å².